The van der Waals surface area contributed by atoms with Crippen LogP contribution < -0.4 is 0 Å². The summed E-state index contributed by atoms with van der Waals surface area (Å²) in [5.41, 5.74) is -3.32. The molecule has 0 saturated heterocycles. The number of ether oxygens (including phenoxy) is 2. The van der Waals surface area contributed by atoms with E-state index in [1.807, 2.05) is 0 Å². The third-order valence-corrected chi connectivity index (χ3v) is 1.14. The first-order valence-corrected chi connectivity index (χ1v) is 4.27. The van der Waals surface area contributed by atoms with Gasteiger partial charge in [-0.2, -0.15) is 0 Å². The van der Waals surface area contributed by atoms with Gasteiger partial charge in [-0.15, -0.1) is 0 Å². The van der Waals surface area contributed by atoms with Crippen LogP contribution in [0.5, 0.6) is 0 Å². The van der Waals surface area contributed by atoms with Crippen LogP contribution in [0, 0.1) is 0 Å². The molecule has 13 heavy (non-hydrogen) atoms. The van der Waals surface area contributed by atoms with Crippen molar-refractivity contribution in [3.05, 3.63) is 0 Å². The highest BCUT2D eigenvalue weighted by molar-refractivity contribution is 6.61. The van der Waals surface area contributed by atoms with Crippen LogP contribution in [0.2, 0.25) is 0 Å². The largest absolute Gasteiger partial charge is 0.456 e. The first-order valence-electron chi connectivity index (χ1n) is 3.45. The van der Waals surface area contributed by atoms with Gasteiger partial charge in [0.25, 0.3) is 5.56 Å². The zero-order valence-electron chi connectivity index (χ0n) is 7.47. The number of alkyl halides is 1. The van der Waals surface area contributed by atoms with Crippen LogP contribution in [0.1, 0.15) is 20.8 Å². The highest BCUT2D eigenvalue weighted by Crippen LogP contribution is 2.12. The van der Waals surface area contributed by atoms with Crippen molar-refractivity contribution in [2.45, 2.75) is 31.9 Å². The summed E-state index contributed by atoms with van der Waals surface area (Å²) in [6.07, 6.45) is 0. The lowest BCUT2D eigenvalue weighted by Gasteiger charge is -2.20. The summed E-state index contributed by atoms with van der Waals surface area (Å²) in [4.78, 5) is 21.2. The molecule has 0 aromatic heterocycles. The minimum Gasteiger partial charge on any atom is -0.456 e. The minimum absolute atomic E-state index is 0.678. The molecule has 0 radical (unpaired) electrons. The highest BCUT2D eigenvalue weighted by Gasteiger charge is 2.25. The van der Waals surface area contributed by atoms with Gasteiger partial charge in [-0.1, -0.05) is 11.6 Å². The molecule has 0 N–H and O–H groups in total. The average Bonchev–Trinajstić information content (AvgIpc) is 1.81. The molecule has 4 nitrogen and oxygen atoms in total. The lowest BCUT2D eigenvalue weighted by molar-refractivity contribution is -0.160. The van der Waals surface area contributed by atoms with Crippen LogP contribution in [-0.4, -0.2) is 22.6 Å². The predicted octanol–water partition coefficient (Wildman–Crippen LogP) is 2.27. The Morgan fingerprint density at radius 1 is 1.31 bits per heavy atom. The number of halogens is 2. The highest BCUT2D eigenvalue weighted by atomic mass is 35.5. The maximum absolute atomic E-state index is 11.0. The summed E-state index contributed by atoms with van der Waals surface area (Å²) >= 11 is 10.2. The number of esters is 1. The van der Waals surface area contributed by atoms with E-state index < -0.39 is 22.6 Å². The number of rotatable bonds is 2. The standard InChI is InChI=1S/C7H10Cl2O4/c1-7(2,3)13-5(10)4(8)12-6(9)11/h4H,1-3H3. The van der Waals surface area contributed by atoms with E-state index in [-0.39, 0.29) is 0 Å². The molecule has 0 aromatic carbocycles. The summed E-state index contributed by atoms with van der Waals surface area (Å²) in [6.45, 7) is 4.99. The third kappa shape index (κ3) is 6.66. The summed E-state index contributed by atoms with van der Waals surface area (Å²) in [7, 11) is 0. The maximum Gasteiger partial charge on any atom is 0.405 e. The normalized spacial score (nSPS) is 13.3. The fourth-order valence-electron chi connectivity index (χ4n) is 0.478. The van der Waals surface area contributed by atoms with Gasteiger partial charge in [0.1, 0.15) is 5.60 Å². The molecule has 0 bridgehead atoms. The van der Waals surface area contributed by atoms with Gasteiger partial charge in [0, 0.05) is 11.6 Å². The SMILES string of the molecule is CC(C)(C)OC(=O)C(Cl)OC(=O)Cl. The van der Waals surface area contributed by atoms with Gasteiger partial charge in [-0.3, -0.25) is 0 Å². The van der Waals surface area contributed by atoms with Crippen molar-refractivity contribution in [2.24, 2.45) is 0 Å². The molecule has 0 heterocycles. The minimum atomic E-state index is -1.50. The zero-order chi connectivity index (χ0) is 10.6. The van der Waals surface area contributed by atoms with Crippen LogP contribution in [-0.2, 0) is 14.3 Å². The molecule has 0 aliphatic rings. The molecule has 76 valence electrons. The summed E-state index contributed by atoms with van der Waals surface area (Å²) in [5.74, 6) is -0.844. The van der Waals surface area contributed by atoms with Crippen molar-refractivity contribution in [2.75, 3.05) is 0 Å². The molecule has 0 aliphatic heterocycles. The summed E-state index contributed by atoms with van der Waals surface area (Å²) < 4.78 is 8.97. The third-order valence-electron chi connectivity index (χ3n) is 0.788. The Morgan fingerprint density at radius 3 is 2.08 bits per heavy atom. The van der Waals surface area contributed by atoms with E-state index in [1.54, 1.807) is 20.8 Å². The van der Waals surface area contributed by atoms with Gasteiger partial charge in [-0.05, 0) is 20.8 Å². The predicted molar refractivity (Wildman–Crippen MR) is 47.8 cm³/mol. The molecule has 0 spiro atoms. The molecular weight excluding hydrogens is 219 g/mol. The number of carbonyl (C=O) groups is 2. The first-order chi connectivity index (χ1) is 5.72. The van der Waals surface area contributed by atoms with E-state index in [9.17, 15) is 9.59 Å². The monoisotopic (exact) mass is 228 g/mol. The second kappa shape index (κ2) is 4.67. The molecule has 0 amide bonds. The smallest absolute Gasteiger partial charge is 0.405 e. The molecule has 0 fully saturated rings. The topological polar surface area (TPSA) is 52.6 Å². The van der Waals surface area contributed by atoms with Crippen molar-refractivity contribution >= 4 is 34.6 Å². The van der Waals surface area contributed by atoms with E-state index in [0.29, 0.717) is 0 Å². The Balaban J connectivity index is 4.05. The molecular formula is C7H10Cl2O4. The Hall–Kier alpha value is -0.480. The van der Waals surface area contributed by atoms with Gasteiger partial charge in [-0.25, -0.2) is 9.59 Å². The van der Waals surface area contributed by atoms with Crippen LogP contribution in [0.25, 0.3) is 0 Å². The van der Waals surface area contributed by atoms with E-state index in [1.165, 1.54) is 0 Å². The Kier molecular flexibility index (Phi) is 4.50. The van der Waals surface area contributed by atoms with Gasteiger partial charge in [0.05, 0.1) is 0 Å². The van der Waals surface area contributed by atoms with Gasteiger partial charge in [0.2, 0.25) is 0 Å². The second-order valence-corrected chi connectivity index (χ2v) is 3.91. The molecule has 0 aromatic rings. The first kappa shape index (κ1) is 12.5. The van der Waals surface area contributed by atoms with Crippen molar-refractivity contribution < 1.29 is 19.1 Å². The fraction of sp³-hybridized carbons (Fsp3) is 0.714. The molecule has 1 unspecified atom stereocenters. The lowest BCUT2D eigenvalue weighted by Crippen LogP contribution is -2.30. The molecule has 1 atom stereocenters. The van der Waals surface area contributed by atoms with E-state index in [4.69, 9.17) is 27.9 Å². The number of hydrogen-bond donors (Lipinski definition) is 0. The van der Waals surface area contributed by atoms with Gasteiger partial charge >= 0.3 is 11.4 Å². The number of hydrogen-bond acceptors (Lipinski definition) is 4. The van der Waals surface area contributed by atoms with E-state index in [2.05, 4.69) is 4.74 Å². The second-order valence-electron chi connectivity index (χ2n) is 3.21. The van der Waals surface area contributed by atoms with Crippen LogP contribution in [0.4, 0.5) is 4.79 Å². The van der Waals surface area contributed by atoms with Crippen molar-refractivity contribution in [1.82, 2.24) is 0 Å². The summed E-state index contributed by atoms with van der Waals surface area (Å²) in [6, 6.07) is 0. The van der Waals surface area contributed by atoms with Crippen LogP contribution in [0.15, 0.2) is 0 Å². The Morgan fingerprint density at radius 2 is 1.77 bits per heavy atom. The Bertz CT molecular complexity index is 209. The van der Waals surface area contributed by atoms with Gasteiger partial charge < -0.3 is 9.47 Å². The zero-order valence-corrected chi connectivity index (χ0v) is 8.98. The quantitative estimate of drug-likeness (QED) is 0.414. The summed E-state index contributed by atoms with van der Waals surface area (Å²) in [5, 5.41) is 0. The van der Waals surface area contributed by atoms with E-state index in [0.717, 1.165) is 0 Å². The van der Waals surface area contributed by atoms with E-state index >= 15 is 0 Å². The fourth-order valence-corrected chi connectivity index (χ4v) is 0.738. The van der Waals surface area contributed by atoms with Crippen LogP contribution in [0.3, 0.4) is 0 Å². The van der Waals surface area contributed by atoms with Crippen molar-refractivity contribution in [1.29, 1.82) is 0 Å². The van der Waals surface area contributed by atoms with Crippen molar-refractivity contribution in [3.8, 4) is 0 Å². The maximum atomic E-state index is 11.0. The lowest BCUT2D eigenvalue weighted by atomic mass is 10.2. The molecule has 0 aliphatic carbocycles. The van der Waals surface area contributed by atoms with Crippen LogP contribution >= 0.6 is 23.2 Å². The average molecular weight is 229 g/mol. The van der Waals surface area contributed by atoms with Crippen molar-refractivity contribution in [3.63, 3.8) is 0 Å². The number of carbonyl (C=O) groups excluding carboxylic acids is 2. The van der Waals surface area contributed by atoms with Gasteiger partial charge in [0.15, 0.2) is 0 Å². The Labute approximate surface area is 86.1 Å². The molecule has 0 saturated carbocycles. The molecule has 0 rings (SSSR count). The molecule has 6 heteroatoms.